The first-order chi connectivity index (χ1) is 12.8. The van der Waals surface area contributed by atoms with Gasteiger partial charge in [-0.2, -0.15) is 0 Å². The van der Waals surface area contributed by atoms with Crippen molar-refractivity contribution in [2.24, 2.45) is 5.84 Å². The van der Waals surface area contributed by atoms with Gasteiger partial charge in [-0.3, -0.25) is 5.01 Å². The second-order valence-electron chi connectivity index (χ2n) is 6.17. The molecule has 0 fully saturated rings. The van der Waals surface area contributed by atoms with Crippen molar-refractivity contribution >= 4 is 11.4 Å². The molecule has 0 saturated heterocycles. The minimum atomic E-state index is 0.952. The molecule has 2 heteroatoms. The lowest BCUT2D eigenvalue weighted by molar-refractivity contribution is 1.09. The first kappa shape index (κ1) is 16.1. The number of nitrogens with zero attached hydrogens (tertiary/aromatic N) is 1. The second-order valence-corrected chi connectivity index (χ2v) is 6.17. The minimum Gasteiger partial charge on any atom is -0.279 e. The van der Waals surface area contributed by atoms with Crippen molar-refractivity contribution in [2.45, 2.75) is 0 Å². The number of rotatable bonds is 4. The molecule has 0 aliphatic heterocycles. The van der Waals surface area contributed by atoms with Gasteiger partial charge in [-0.1, -0.05) is 91.0 Å². The van der Waals surface area contributed by atoms with Crippen molar-refractivity contribution < 1.29 is 0 Å². The predicted molar refractivity (Wildman–Crippen MR) is 110 cm³/mol. The fraction of sp³-hybridized carbons (Fsp3) is 0. The Morgan fingerprint density at radius 3 is 1.62 bits per heavy atom. The summed E-state index contributed by atoms with van der Waals surface area (Å²) in [4.78, 5) is 0. The van der Waals surface area contributed by atoms with Gasteiger partial charge in [0.1, 0.15) is 0 Å². The van der Waals surface area contributed by atoms with Crippen LogP contribution in [0.15, 0.2) is 109 Å². The standard InChI is InChI=1S/C24H20N2/c25-26(22-17-15-20(16-18-22)19-9-3-1-4-10-19)24-14-8-7-13-23(24)21-11-5-2-6-12-21/h1-18H,25H2. The van der Waals surface area contributed by atoms with Crippen LogP contribution >= 0.6 is 0 Å². The number of para-hydroxylation sites is 1. The van der Waals surface area contributed by atoms with Crippen LogP contribution in [0.1, 0.15) is 0 Å². The molecule has 4 aromatic carbocycles. The molecule has 4 rings (SSSR count). The average Bonchev–Trinajstić information content (AvgIpc) is 2.75. The molecule has 0 aromatic heterocycles. The van der Waals surface area contributed by atoms with E-state index in [4.69, 9.17) is 5.84 Å². The van der Waals surface area contributed by atoms with Crippen LogP contribution in [0.5, 0.6) is 0 Å². The quantitative estimate of drug-likeness (QED) is 0.364. The number of hydrogen-bond donors (Lipinski definition) is 1. The fourth-order valence-corrected chi connectivity index (χ4v) is 3.13. The molecule has 0 amide bonds. The third kappa shape index (κ3) is 3.23. The van der Waals surface area contributed by atoms with E-state index in [1.54, 1.807) is 5.01 Å². The fourth-order valence-electron chi connectivity index (χ4n) is 3.13. The predicted octanol–water partition coefficient (Wildman–Crippen LogP) is 6.03. The Labute approximate surface area is 154 Å². The van der Waals surface area contributed by atoms with Crippen molar-refractivity contribution in [3.63, 3.8) is 0 Å². The van der Waals surface area contributed by atoms with Gasteiger partial charge in [0.15, 0.2) is 0 Å². The lowest BCUT2D eigenvalue weighted by Gasteiger charge is -2.22. The highest BCUT2D eigenvalue weighted by atomic mass is 15.4. The lowest BCUT2D eigenvalue weighted by Crippen LogP contribution is -2.25. The summed E-state index contributed by atoms with van der Waals surface area (Å²) in [6.45, 7) is 0. The van der Waals surface area contributed by atoms with E-state index in [1.165, 1.54) is 11.1 Å². The lowest BCUT2D eigenvalue weighted by atomic mass is 10.0. The molecular formula is C24H20N2. The zero-order valence-corrected chi connectivity index (χ0v) is 14.4. The molecular weight excluding hydrogens is 316 g/mol. The van der Waals surface area contributed by atoms with E-state index >= 15 is 0 Å². The van der Waals surface area contributed by atoms with Crippen LogP contribution in [0.3, 0.4) is 0 Å². The maximum absolute atomic E-state index is 6.48. The van der Waals surface area contributed by atoms with Gasteiger partial charge in [-0.15, -0.1) is 0 Å². The summed E-state index contributed by atoms with van der Waals surface area (Å²) in [6.07, 6.45) is 0. The van der Waals surface area contributed by atoms with Gasteiger partial charge >= 0.3 is 0 Å². The Morgan fingerprint density at radius 1 is 0.462 bits per heavy atom. The molecule has 2 nitrogen and oxygen atoms in total. The molecule has 4 aromatic rings. The highest BCUT2D eigenvalue weighted by Gasteiger charge is 2.11. The average molecular weight is 336 g/mol. The van der Waals surface area contributed by atoms with Gasteiger partial charge in [0, 0.05) is 5.56 Å². The Hall–Kier alpha value is -3.36. The topological polar surface area (TPSA) is 29.3 Å². The van der Waals surface area contributed by atoms with Crippen molar-refractivity contribution in [1.29, 1.82) is 0 Å². The van der Waals surface area contributed by atoms with E-state index in [-0.39, 0.29) is 0 Å². The molecule has 0 aliphatic carbocycles. The largest absolute Gasteiger partial charge is 0.279 e. The molecule has 0 radical (unpaired) electrons. The molecule has 0 heterocycles. The van der Waals surface area contributed by atoms with E-state index in [9.17, 15) is 0 Å². The van der Waals surface area contributed by atoms with Gasteiger partial charge in [0.2, 0.25) is 0 Å². The molecule has 26 heavy (non-hydrogen) atoms. The van der Waals surface area contributed by atoms with Gasteiger partial charge in [0.05, 0.1) is 11.4 Å². The normalized spacial score (nSPS) is 10.5. The van der Waals surface area contributed by atoms with E-state index in [0.29, 0.717) is 0 Å². The Bertz CT molecular complexity index is 977. The molecule has 0 saturated carbocycles. The summed E-state index contributed by atoms with van der Waals surface area (Å²) >= 11 is 0. The van der Waals surface area contributed by atoms with E-state index in [1.807, 2.05) is 42.5 Å². The van der Waals surface area contributed by atoms with Gasteiger partial charge in [-0.25, -0.2) is 5.84 Å². The molecule has 0 unspecified atom stereocenters. The molecule has 0 bridgehead atoms. The van der Waals surface area contributed by atoms with E-state index < -0.39 is 0 Å². The van der Waals surface area contributed by atoms with Crippen LogP contribution in [-0.2, 0) is 0 Å². The van der Waals surface area contributed by atoms with E-state index in [2.05, 4.69) is 66.7 Å². The summed E-state index contributed by atoms with van der Waals surface area (Å²) in [6, 6.07) is 37.2. The van der Waals surface area contributed by atoms with Crippen LogP contribution in [0.4, 0.5) is 11.4 Å². The van der Waals surface area contributed by atoms with E-state index in [0.717, 1.165) is 22.5 Å². The van der Waals surface area contributed by atoms with Crippen molar-refractivity contribution in [1.82, 2.24) is 0 Å². The van der Waals surface area contributed by atoms with Crippen LogP contribution in [0, 0.1) is 0 Å². The number of benzene rings is 4. The molecule has 0 aliphatic rings. The SMILES string of the molecule is NN(c1ccc(-c2ccccc2)cc1)c1ccccc1-c1ccccc1. The first-order valence-electron chi connectivity index (χ1n) is 8.68. The Balaban J connectivity index is 1.68. The van der Waals surface area contributed by atoms with Crippen LogP contribution in [0.25, 0.3) is 22.3 Å². The van der Waals surface area contributed by atoms with Crippen LogP contribution < -0.4 is 10.9 Å². The summed E-state index contributed by atoms with van der Waals surface area (Å²) in [5.74, 6) is 6.48. The Kier molecular flexibility index (Phi) is 4.50. The number of anilines is 2. The molecule has 0 spiro atoms. The molecule has 0 atom stereocenters. The maximum atomic E-state index is 6.48. The van der Waals surface area contributed by atoms with Crippen molar-refractivity contribution in [3.05, 3.63) is 109 Å². The number of nitrogens with two attached hydrogens (primary N) is 1. The third-order valence-corrected chi connectivity index (χ3v) is 4.50. The van der Waals surface area contributed by atoms with Gasteiger partial charge in [-0.05, 0) is 34.9 Å². The Morgan fingerprint density at radius 2 is 0.962 bits per heavy atom. The summed E-state index contributed by atoms with van der Waals surface area (Å²) in [5, 5.41) is 1.75. The smallest absolute Gasteiger partial charge is 0.0653 e. The highest BCUT2D eigenvalue weighted by Crippen LogP contribution is 2.33. The monoisotopic (exact) mass is 336 g/mol. The van der Waals surface area contributed by atoms with Gasteiger partial charge in [0.25, 0.3) is 0 Å². The maximum Gasteiger partial charge on any atom is 0.0653 e. The van der Waals surface area contributed by atoms with Gasteiger partial charge < -0.3 is 0 Å². The third-order valence-electron chi connectivity index (χ3n) is 4.50. The number of hydrogen-bond acceptors (Lipinski definition) is 2. The minimum absolute atomic E-state index is 0.952. The molecule has 2 N–H and O–H groups in total. The van der Waals surface area contributed by atoms with Crippen LogP contribution in [0.2, 0.25) is 0 Å². The summed E-state index contributed by atoms with van der Waals surface area (Å²) in [7, 11) is 0. The second kappa shape index (κ2) is 7.26. The number of hydrazine groups is 1. The van der Waals surface area contributed by atoms with Crippen molar-refractivity contribution in [2.75, 3.05) is 5.01 Å². The first-order valence-corrected chi connectivity index (χ1v) is 8.68. The zero-order valence-electron chi connectivity index (χ0n) is 14.4. The summed E-state index contributed by atoms with van der Waals surface area (Å²) < 4.78 is 0. The highest BCUT2D eigenvalue weighted by molar-refractivity contribution is 5.82. The van der Waals surface area contributed by atoms with Crippen molar-refractivity contribution in [3.8, 4) is 22.3 Å². The van der Waals surface area contributed by atoms with Crippen LogP contribution in [-0.4, -0.2) is 0 Å². The molecule has 126 valence electrons. The zero-order chi connectivity index (χ0) is 17.8. The summed E-state index contributed by atoms with van der Waals surface area (Å²) in [5.41, 5.74) is 6.58.